The van der Waals surface area contributed by atoms with E-state index in [0.29, 0.717) is 13.2 Å². The van der Waals surface area contributed by atoms with Crippen LogP contribution in [0.1, 0.15) is 57.3 Å². The van der Waals surface area contributed by atoms with Crippen LogP contribution in [0.4, 0.5) is 0 Å². The molecular formula is C34H40O6P2. The van der Waals surface area contributed by atoms with Crippen LogP contribution in [0.25, 0.3) is 0 Å². The topological polar surface area (TPSA) is 55.4 Å². The maximum absolute atomic E-state index is 6.37. The Kier molecular flexibility index (Phi) is 11.6. The average Bonchev–Trinajstić information content (AvgIpc) is 2.96. The van der Waals surface area contributed by atoms with Crippen LogP contribution in [0.5, 0.6) is 23.0 Å². The Morgan fingerprint density at radius 2 is 0.976 bits per heavy atom. The van der Waals surface area contributed by atoms with Gasteiger partial charge in [-0.15, -0.1) is 0 Å². The smallest absolute Gasteiger partial charge is 0.275 e. The third-order valence-corrected chi connectivity index (χ3v) is 8.15. The van der Waals surface area contributed by atoms with Gasteiger partial charge in [-0.2, -0.15) is 0 Å². The van der Waals surface area contributed by atoms with E-state index in [0.717, 1.165) is 56.4 Å². The van der Waals surface area contributed by atoms with Gasteiger partial charge in [-0.3, -0.25) is 0 Å². The summed E-state index contributed by atoms with van der Waals surface area (Å²) in [5, 5.41) is 0. The molecule has 4 rings (SSSR count). The Balaban J connectivity index is 1.58. The van der Waals surface area contributed by atoms with Crippen LogP contribution < -0.4 is 18.1 Å². The van der Waals surface area contributed by atoms with E-state index < -0.39 is 0 Å². The second-order valence-corrected chi connectivity index (χ2v) is 11.5. The van der Waals surface area contributed by atoms with Gasteiger partial charge in [-0.1, -0.05) is 78.7 Å². The molecule has 0 radical (unpaired) electrons. The predicted molar refractivity (Wildman–Crippen MR) is 173 cm³/mol. The fourth-order valence-electron chi connectivity index (χ4n) is 5.04. The molecular weight excluding hydrogens is 566 g/mol. The molecule has 0 aliphatic carbocycles. The van der Waals surface area contributed by atoms with Gasteiger partial charge in [0.1, 0.15) is 23.0 Å². The minimum Gasteiger partial charge on any atom is -0.440 e. The summed E-state index contributed by atoms with van der Waals surface area (Å²) in [4.78, 5) is 0. The largest absolute Gasteiger partial charge is 0.440 e. The van der Waals surface area contributed by atoms with Crippen LogP contribution in [-0.4, -0.2) is 14.2 Å². The van der Waals surface area contributed by atoms with Gasteiger partial charge in [0.2, 0.25) is 0 Å². The molecule has 0 aliphatic rings. The molecule has 4 aromatic carbocycles. The lowest BCUT2D eigenvalue weighted by Gasteiger charge is -2.23. The molecule has 0 saturated carbocycles. The van der Waals surface area contributed by atoms with Gasteiger partial charge in [0.25, 0.3) is 18.1 Å². The zero-order valence-corrected chi connectivity index (χ0v) is 27.4. The van der Waals surface area contributed by atoms with E-state index in [1.54, 1.807) is 14.2 Å². The Morgan fingerprint density at radius 1 is 0.571 bits per heavy atom. The highest BCUT2D eigenvalue weighted by molar-refractivity contribution is 7.27. The van der Waals surface area contributed by atoms with Gasteiger partial charge >= 0.3 is 0 Å². The van der Waals surface area contributed by atoms with Crippen molar-refractivity contribution >= 4 is 18.1 Å². The van der Waals surface area contributed by atoms with Crippen LogP contribution in [0.15, 0.2) is 72.8 Å². The standard InChI is InChI=1S/C34H40O6P2/c1-22-16-24(3)33(39-41-37-31-14-10-8-12-27(31)20-35-6)29(18-22)26(5)30-19-23(2)17-25(4)34(30)40-42-38-32-15-11-9-13-28(32)21-36-7/h8-19,26,41-42H,20-21H2,1-7H3. The van der Waals surface area contributed by atoms with Crippen LogP contribution in [0.2, 0.25) is 0 Å². The highest BCUT2D eigenvalue weighted by Gasteiger charge is 2.22. The van der Waals surface area contributed by atoms with Crippen molar-refractivity contribution in [1.82, 2.24) is 0 Å². The molecule has 0 heterocycles. The third-order valence-electron chi connectivity index (χ3n) is 6.96. The van der Waals surface area contributed by atoms with E-state index in [-0.39, 0.29) is 24.0 Å². The van der Waals surface area contributed by atoms with Crippen molar-refractivity contribution in [1.29, 1.82) is 0 Å². The zero-order chi connectivity index (χ0) is 30.1. The minimum absolute atomic E-state index is 0.0108. The van der Waals surface area contributed by atoms with E-state index in [1.165, 1.54) is 11.1 Å². The Hall–Kier alpha value is -3.14. The Morgan fingerprint density at radius 3 is 1.38 bits per heavy atom. The van der Waals surface area contributed by atoms with Crippen molar-refractivity contribution in [2.75, 3.05) is 14.2 Å². The van der Waals surface area contributed by atoms with Gasteiger partial charge in [-0.05, 0) is 51.0 Å². The summed E-state index contributed by atoms with van der Waals surface area (Å²) >= 11 is 0. The van der Waals surface area contributed by atoms with Crippen molar-refractivity contribution in [2.24, 2.45) is 0 Å². The first-order valence-electron chi connectivity index (χ1n) is 13.9. The van der Waals surface area contributed by atoms with Gasteiger partial charge < -0.3 is 27.6 Å². The van der Waals surface area contributed by atoms with E-state index in [9.17, 15) is 0 Å². The molecule has 0 saturated heterocycles. The van der Waals surface area contributed by atoms with E-state index >= 15 is 0 Å². The van der Waals surface area contributed by atoms with Gasteiger partial charge in [0, 0.05) is 42.4 Å². The first-order valence-corrected chi connectivity index (χ1v) is 15.5. The van der Waals surface area contributed by atoms with E-state index in [1.807, 2.05) is 48.5 Å². The fourth-order valence-corrected chi connectivity index (χ4v) is 6.42. The highest BCUT2D eigenvalue weighted by Crippen LogP contribution is 2.44. The summed E-state index contributed by atoms with van der Waals surface area (Å²) in [5.74, 6) is 3.16. The van der Waals surface area contributed by atoms with Crippen LogP contribution >= 0.6 is 18.1 Å². The summed E-state index contributed by atoms with van der Waals surface area (Å²) in [6, 6.07) is 24.4. The Labute approximate surface area is 253 Å². The van der Waals surface area contributed by atoms with Crippen molar-refractivity contribution < 1.29 is 27.6 Å². The number of methoxy groups -OCH3 is 2. The van der Waals surface area contributed by atoms with E-state index in [2.05, 4.69) is 58.9 Å². The lowest BCUT2D eigenvalue weighted by Crippen LogP contribution is -2.05. The average molecular weight is 607 g/mol. The number of hydrogen-bond acceptors (Lipinski definition) is 6. The van der Waals surface area contributed by atoms with Crippen molar-refractivity contribution in [3.63, 3.8) is 0 Å². The third kappa shape index (κ3) is 8.02. The molecule has 6 nitrogen and oxygen atoms in total. The molecule has 4 aromatic rings. The molecule has 0 amide bonds. The van der Waals surface area contributed by atoms with E-state index in [4.69, 9.17) is 27.6 Å². The number of benzene rings is 4. The molecule has 0 N–H and O–H groups in total. The van der Waals surface area contributed by atoms with Gasteiger partial charge in [-0.25, -0.2) is 0 Å². The van der Waals surface area contributed by atoms with Gasteiger partial charge in [0.15, 0.2) is 0 Å². The normalized spacial score (nSPS) is 12.3. The monoisotopic (exact) mass is 606 g/mol. The lowest BCUT2D eigenvalue weighted by molar-refractivity contribution is 0.183. The molecule has 2 unspecified atom stereocenters. The highest BCUT2D eigenvalue weighted by atomic mass is 31.1. The lowest BCUT2D eigenvalue weighted by atomic mass is 9.87. The summed E-state index contributed by atoms with van der Waals surface area (Å²) in [5.41, 5.74) is 8.59. The molecule has 0 spiro atoms. The quantitative estimate of drug-likeness (QED) is 0.133. The number of aryl methyl sites for hydroxylation is 4. The SMILES string of the molecule is COCc1ccccc1OPOc1c(C)cc(C)cc1C(C)c1cc(C)cc(C)c1OPOc1ccccc1COC. The van der Waals surface area contributed by atoms with Crippen molar-refractivity contribution in [3.8, 4) is 23.0 Å². The first-order chi connectivity index (χ1) is 20.3. The number of para-hydroxylation sites is 2. The summed E-state index contributed by atoms with van der Waals surface area (Å²) in [7, 11) is 2.93. The molecule has 0 bridgehead atoms. The zero-order valence-electron chi connectivity index (χ0n) is 25.4. The summed E-state index contributed by atoms with van der Waals surface area (Å²) < 4.78 is 35.5. The molecule has 2 atom stereocenters. The minimum atomic E-state index is -0.213. The number of hydrogen-bond donors (Lipinski definition) is 0. The molecule has 222 valence electrons. The van der Waals surface area contributed by atoms with Crippen LogP contribution in [0, 0.1) is 27.7 Å². The number of ether oxygens (including phenoxy) is 2. The van der Waals surface area contributed by atoms with Crippen LogP contribution in [0.3, 0.4) is 0 Å². The predicted octanol–water partition coefficient (Wildman–Crippen LogP) is 9.30. The molecule has 0 aliphatic heterocycles. The molecule has 42 heavy (non-hydrogen) atoms. The van der Waals surface area contributed by atoms with Crippen molar-refractivity contribution in [3.05, 3.63) is 117 Å². The van der Waals surface area contributed by atoms with Crippen molar-refractivity contribution in [2.45, 2.75) is 53.8 Å². The summed E-state index contributed by atoms with van der Waals surface area (Å²) in [6.07, 6.45) is 0. The maximum atomic E-state index is 6.37. The van der Waals surface area contributed by atoms with Gasteiger partial charge in [0.05, 0.1) is 13.2 Å². The second-order valence-electron chi connectivity index (χ2n) is 10.4. The van der Waals surface area contributed by atoms with Crippen LogP contribution in [-0.2, 0) is 22.7 Å². The molecule has 0 aromatic heterocycles. The number of rotatable bonds is 14. The molecule has 8 heteroatoms. The summed E-state index contributed by atoms with van der Waals surface area (Å²) in [6.45, 7) is 11.5. The fraction of sp³-hybridized carbons (Fsp3) is 0.294. The first kappa shape index (κ1) is 31.8. The second kappa shape index (κ2) is 15.4. The molecule has 0 fully saturated rings. The Bertz CT molecular complexity index is 1380. The maximum Gasteiger partial charge on any atom is 0.275 e.